The Bertz CT molecular complexity index is 448. The summed E-state index contributed by atoms with van der Waals surface area (Å²) in [6.45, 7) is 1.96. The molecule has 1 rings (SSSR count). The summed E-state index contributed by atoms with van der Waals surface area (Å²) in [5.74, 6) is -0.521. The predicted octanol–water partition coefficient (Wildman–Crippen LogP) is 1.86. The van der Waals surface area contributed by atoms with Gasteiger partial charge in [0.05, 0.1) is 6.42 Å². The summed E-state index contributed by atoms with van der Waals surface area (Å²) in [6.07, 6.45) is 2.56. The minimum atomic E-state index is -0.980. The Hall–Kier alpha value is -1.49. The molecule has 4 nitrogen and oxygen atoms in total. The lowest BCUT2D eigenvalue weighted by atomic mass is 10.1. The monoisotopic (exact) mass is 281 g/mol. The number of carbonyl (C=O) groups excluding carboxylic acids is 1. The Morgan fingerprint density at radius 2 is 2.16 bits per heavy atom. The zero-order valence-corrected chi connectivity index (χ0v) is 12.0. The number of nitrogens with one attached hydrogen (secondary N) is 1. The van der Waals surface area contributed by atoms with Crippen LogP contribution in [0.15, 0.2) is 24.3 Å². The molecule has 0 spiro atoms. The van der Waals surface area contributed by atoms with Gasteiger partial charge in [-0.05, 0) is 30.9 Å². The van der Waals surface area contributed by atoms with Gasteiger partial charge in [-0.25, -0.2) is 4.79 Å². The van der Waals surface area contributed by atoms with E-state index >= 15 is 0 Å². The summed E-state index contributed by atoms with van der Waals surface area (Å²) in [5, 5.41) is 11.6. The number of hydrogen-bond donors (Lipinski definition) is 2. The van der Waals surface area contributed by atoms with E-state index in [4.69, 9.17) is 5.11 Å². The molecule has 104 valence electrons. The molecule has 19 heavy (non-hydrogen) atoms. The molecule has 0 saturated carbocycles. The number of benzene rings is 1. The maximum absolute atomic E-state index is 11.8. The third-order valence-corrected chi connectivity index (χ3v) is 3.34. The highest BCUT2D eigenvalue weighted by Gasteiger charge is 2.19. The van der Waals surface area contributed by atoms with Crippen LogP contribution in [0, 0.1) is 6.92 Å². The van der Waals surface area contributed by atoms with E-state index in [1.165, 1.54) is 0 Å². The standard InChI is InChI=1S/C14H19NO3S/c1-10-4-3-5-11(8-10)9-13(16)15-12(14(17)18)6-7-19-2/h3-5,8,12H,6-7,9H2,1-2H3,(H,15,16)(H,17,18)/t12-/m1/s1. The van der Waals surface area contributed by atoms with E-state index in [9.17, 15) is 9.59 Å². The number of thioether (sulfide) groups is 1. The molecule has 1 atom stereocenters. The van der Waals surface area contributed by atoms with Gasteiger partial charge in [0.25, 0.3) is 0 Å². The molecule has 0 heterocycles. The summed E-state index contributed by atoms with van der Waals surface area (Å²) in [6, 6.07) is 6.84. The van der Waals surface area contributed by atoms with Crippen LogP contribution >= 0.6 is 11.8 Å². The van der Waals surface area contributed by atoms with E-state index in [1.807, 2.05) is 37.4 Å². The molecule has 5 heteroatoms. The summed E-state index contributed by atoms with van der Waals surface area (Å²) in [4.78, 5) is 22.8. The van der Waals surface area contributed by atoms with Gasteiger partial charge in [0.1, 0.15) is 6.04 Å². The molecule has 0 fully saturated rings. The van der Waals surface area contributed by atoms with Crippen molar-refractivity contribution in [3.05, 3.63) is 35.4 Å². The molecule has 2 N–H and O–H groups in total. The molecule has 0 aromatic heterocycles. The molecule has 0 bridgehead atoms. The summed E-state index contributed by atoms with van der Waals surface area (Å²) in [7, 11) is 0. The van der Waals surface area contributed by atoms with Crippen molar-refractivity contribution in [1.82, 2.24) is 5.32 Å². The van der Waals surface area contributed by atoms with Gasteiger partial charge in [-0.1, -0.05) is 29.8 Å². The Labute approximate surface area is 117 Å². The van der Waals surface area contributed by atoms with Gasteiger partial charge in [0, 0.05) is 0 Å². The molecule has 1 aromatic carbocycles. The van der Waals surface area contributed by atoms with Crippen molar-refractivity contribution in [2.45, 2.75) is 25.8 Å². The third-order valence-electron chi connectivity index (χ3n) is 2.69. The van der Waals surface area contributed by atoms with E-state index < -0.39 is 12.0 Å². The third kappa shape index (κ3) is 5.79. The van der Waals surface area contributed by atoms with Gasteiger partial charge in [-0.15, -0.1) is 0 Å². The van der Waals surface area contributed by atoms with Crippen molar-refractivity contribution >= 4 is 23.6 Å². The number of carboxylic acids is 1. The fourth-order valence-corrected chi connectivity index (χ4v) is 2.22. The largest absolute Gasteiger partial charge is 0.480 e. The molecule has 0 aliphatic rings. The lowest BCUT2D eigenvalue weighted by Gasteiger charge is -2.14. The minimum absolute atomic E-state index is 0.213. The van der Waals surface area contributed by atoms with Crippen molar-refractivity contribution in [3.8, 4) is 0 Å². The quantitative estimate of drug-likeness (QED) is 0.800. The first-order valence-corrected chi connectivity index (χ1v) is 7.49. The molecule has 1 aromatic rings. The molecule has 0 radical (unpaired) electrons. The van der Waals surface area contributed by atoms with Crippen molar-refractivity contribution < 1.29 is 14.7 Å². The molecule has 0 aliphatic heterocycles. The summed E-state index contributed by atoms with van der Waals surface area (Å²) < 4.78 is 0. The van der Waals surface area contributed by atoms with E-state index in [0.29, 0.717) is 12.2 Å². The van der Waals surface area contributed by atoms with E-state index in [0.717, 1.165) is 11.1 Å². The lowest BCUT2D eigenvalue weighted by molar-refractivity contribution is -0.141. The molecule has 1 amide bonds. The Morgan fingerprint density at radius 1 is 1.42 bits per heavy atom. The molecule has 0 saturated heterocycles. The Morgan fingerprint density at radius 3 is 2.74 bits per heavy atom. The fraction of sp³-hybridized carbons (Fsp3) is 0.429. The van der Waals surface area contributed by atoms with E-state index in [-0.39, 0.29) is 12.3 Å². The highest BCUT2D eigenvalue weighted by molar-refractivity contribution is 7.98. The maximum atomic E-state index is 11.8. The smallest absolute Gasteiger partial charge is 0.326 e. The van der Waals surface area contributed by atoms with Crippen LogP contribution in [-0.2, 0) is 16.0 Å². The highest BCUT2D eigenvalue weighted by atomic mass is 32.2. The van der Waals surface area contributed by atoms with Crippen LogP contribution in [0.25, 0.3) is 0 Å². The summed E-state index contributed by atoms with van der Waals surface area (Å²) >= 11 is 1.57. The highest BCUT2D eigenvalue weighted by Crippen LogP contribution is 2.06. The predicted molar refractivity (Wildman–Crippen MR) is 77.4 cm³/mol. The zero-order chi connectivity index (χ0) is 14.3. The van der Waals surface area contributed by atoms with Crippen molar-refractivity contribution in [3.63, 3.8) is 0 Å². The molecular formula is C14H19NO3S. The van der Waals surface area contributed by atoms with Crippen LogP contribution in [0.1, 0.15) is 17.5 Å². The zero-order valence-electron chi connectivity index (χ0n) is 11.2. The van der Waals surface area contributed by atoms with Crippen LogP contribution in [0.5, 0.6) is 0 Å². The van der Waals surface area contributed by atoms with Gasteiger partial charge < -0.3 is 10.4 Å². The number of aryl methyl sites for hydroxylation is 1. The Kier molecular flexibility index (Phi) is 6.42. The lowest BCUT2D eigenvalue weighted by Crippen LogP contribution is -2.41. The molecule has 0 aliphatic carbocycles. The average molecular weight is 281 g/mol. The van der Waals surface area contributed by atoms with Gasteiger partial charge in [0.2, 0.25) is 5.91 Å². The first-order chi connectivity index (χ1) is 9.02. The molecule has 0 unspecified atom stereocenters. The van der Waals surface area contributed by atoms with Crippen LogP contribution in [0.4, 0.5) is 0 Å². The van der Waals surface area contributed by atoms with Crippen molar-refractivity contribution in [1.29, 1.82) is 0 Å². The number of amides is 1. The average Bonchev–Trinajstić information content (AvgIpc) is 2.34. The number of hydrogen-bond acceptors (Lipinski definition) is 3. The number of carbonyl (C=O) groups is 2. The van der Waals surface area contributed by atoms with Crippen LogP contribution in [-0.4, -0.2) is 35.0 Å². The first kappa shape index (κ1) is 15.6. The first-order valence-electron chi connectivity index (χ1n) is 6.09. The topological polar surface area (TPSA) is 66.4 Å². The van der Waals surface area contributed by atoms with E-state index in [2.05, 4.69) is 5.32 Å². The normalized spacial score (nSPS) is 11.9. The van der Waals surface area contributed by atoms with Crippen LogP contribution in [0.2, 0.25) is 0 Å². The molecular weight excluding hydrogens is 262 g/mol. The maximum Gasteiger partial charge on any atom is 0.326 e. The fourth-order valence-electron chi connectivity index (χ4n) is 1.75. The number of aliphatic carboxylic acids is 1. The second kappa shape index (κ2) is 7.84. The second-order valence-electron chi connectivity index (χ2n) is 4.41. The van der Waals surface area contributed by atoms with Gasteiger partial charge >= 0.3 is 5.97 Å². The van der Waals surface area contributed by atoms with Gasteiger partial charge in [-0.3, -0.25) is 4.79 Å². The van der Waals surface area contributed by atoms with Crippen LogP contribution in [0.3, 0.4) is 0 Å². The Balaban J connectivity index is 2.55. The second-order valence-corrected chi connectivity index (χ2v) is 5.39. The van der Waals surface area contributed by atoms with Crippen LogP contribution < -0.4 is 5.32 Å². The van der Waals surface area contributed by atoms with Gasteiger partial charge in [0.15, 0.2) is 0 Å². The minimum Gasteiger partial charge on any atom is -0.480 e. The summed E-state index contributed by atoms with van der Waals surface area (Å²) in [5.41, 5.74) is 1.98. The van der Waals surface area contributed by atoms with Gasteiger partial charge in [-0.2, -0.15) is 11.8 Å². The SMILES string of the molecule is CSCC[C@@H](NC(=O)Cc1cccc(C)c1)C(=O)O. The van der Waals surface area contributed by atoms with Crippen molar-refractivity contribution in [2.24, 2.45) is 0 Å². The number of carboxylic acid groups (broad SMARTS) is 1. The van der Waals surface area contributed by atoms with E-state index in [1.54, 1.807) is 11.8 Å². The van der Waals surface area contributed by atoms with Crippen molar-refractivity contribution in [2.75, 3.05) is 12.0 Å². The number of rotatable bonds is 7.